The van der Waals surface area contributed by atoms with Crippen molar-refractivity contribution in [2.24, 2.45) is 0 Å². The fourth-order valence-corrected chi connectivity index (χ4v) is 0.980. The monoisotopic (exact) mass is 155 g/mol. The van der Waals surface area contributed by atoms with Gasteiger partial charge in [0.15, 0.2) is 0 Å². The summed E-state index contributed by atoms with van der Waals surface area (Å²) in [6.45, 7) is 1.87. The third-order valence-corrected chi connectivity index (χ3v) is 1.56. The first kappa shape index (κ1) is 11.6. The first-order valence-corrected chi connectivity index (χ1v) is 4.12. The summed E-state index contributed by atoms with van der Waals surface area (Å²) in [5, 5.41) is 0. The van der Waals surface area contributed by atoms with Crippen LogP contribution in [-0.2, 0) is 10.1 Å². The number of hydrogen-bond donors (Lipinski definition) is 2. The molecule has 0 aliphatic heterocycles. The Kier molecular flexibility index (Phi) is 6.11. The van der Waals surface area contributed by atoms with E-state index in [-0.39, 0.29) is 11.9 Å². The Balaban J connectivity index is 0. The van der Waals surface area contributed by atoms with Gasteiger partial charge >= 0.3 is 0 Å². The van der Waals surface area contributed by atoms with Gasteiger partial charge in [0, 0.05) is 0 Å². The molecule has 0 amide bonds. The molecule has 0 atom stereocenters. The molecule has 0 bridgehead atoms. The van der Waals surface area contributed by atoms with Gasteiger partial charge in [0.25, 0.3) is 10.1 Å². The van der Waals surface area contributed by atoms with Gasteiger partial charge in [0.05, 0.1) is 5.75 Å². The zero-order valence-corrected chi connectivity index (χ0v) is 6.32. The predicted octanol–water partition coefficient (Wildman–Crippen LogP) is 0.836. The van der Waals surface area contributed by atoms with E-state index in [0.717, 1.165) is 6.42 Å². The Labute approximate surface area is 55.6 Å². The minimum Gasteiger partial charge on any atom is -0.344 e. The molecule has 9 heavy (non-hydrogen) atoms. The minimum atomic E-state index is -3.69. The summed E-state index contributed by atoms with van der Waals surface area (Å²) >= 11 is 0. The van der Waals surface area contributed by atoms with Crippen molar-refractivity contribution in [1.29, 1.82) is 0 Å². The standard InChI is InChI=1S/C4H10O3S.H3N/c1-2-3-4-8(5,6)7;/h2-4H2,1H3,(H,5,6,7);1H3. The second-order valence-corrected chi connectivity index (χ2v) is 3.21. The predicted molar refractivity (Wildman–Crippen MR) is 36.3 cm³/mol. The molecular formula is C4H13NO3S. The molecule has 4 nitrogen and oxygen atoms in total. The summed E-state index contributed by atoms with van der Waals surface area (Å²) in [7, 11) is -3.69. The van der Waals surface area contributed by atoms with Gasteiger partial charge < -0.3 is 6.15 Å². The maximum absolute atomic E-state index is 9.95. The molecule has 0 aliphatic rings. The van der Waals surface area contributed by atoms with Crippen LogP contribution in [0.25, 0.3) is 0 Å². The highest BCUT2D eigenvalue weighted by Crippen LogP contribution is 1.90. The zero-order chi connectivity index (χ0) is 6.62. The maximum atomic E-state index is 9.95. The van der Waals surface area contributed by atoms with E-state index in [1.165, 1.54) is 0 Å². The van der Waals surface area contributed by atoms with Crippen molar-refractivity contribution in [2.45, 2.75) is 19.8 Å². The van der Waals surface area contributed by atoms with Crippen molar-refractivity contribution in [2.75, 3.05) is 5.75 Å². The SMILES string of the molecule is CCCCS(=O)(=O)O.N. The van der Waals surface area contributed by atoms with Crippen molar-refractivity contribution in [3.63, 3.8) is 0 Å². The van der Waals surface area contributed by atoms with Crippen molar-refractivity contribution in [3.8, 4) is 0 Å². The largest absolute Gasteiger partial charge is 0.344 e. The van der Waals surface area contributed by atoms with Crippen LogP contribution in [0.4, 0.5) is 0 Å². The highest BCUT2D eigenvalue weighted by molar-refractivity contribution is 7.85. The van der Waals surface area contributed by atoms with Gasteiger partial charge in [-0.1, -0.05) is 13.3 Å². The fourth-order valence-electron chi connectivity index (χ4n) is 0.327. The van der Waals surface area contributed by atoms with Gasteiger partial charge in [-0.15, -0.1) is 0 Å². The number of rotatable bonds is 3. The third-order valence-electron chi connectivity index (χ3n) is 0.756. The van der Waals surface area contributed by atoms with Crippen molar-refractivity contribution in [1.82, 2.24) is 6.15 Å². The smallest absolute Gasteiger partial charge is 0.264 e. The summed E-state index contributed by atoms with van der Waals surface area (Å²) in [5.41, 5.74) is 0. The van der Waals surface area contributed by atoms with E-state index in [1.54, 1.807) is 0 Å². The quantitative estimate of drug-likeness (QED) is 0.591. The molecule has 0 saturated carbocycles. The van der Waals surface area contributed by atoms with Crippen LogP contribution in [0.15, 0.2) is 0 Å². The van der Waals surface area contributed by atoms with Crippen molar-refractivity contribution < 1.29 is 13.0 Å². The van der Waals surface area contributed by atoms with E-state index in [0.29, 0.717) is 6.42 Å². The van der Waals surface area contributed by atoms with E-state index in [2.05, 4.69) is 0 Å². The molecule has 0 unspecified atom stereocenters. The van der Waals surface area contributed by atoms with Crippen LogP contribution in [-0.4, -0.2) is 18.7 Å². The molecule has 0 saturated heterocycles. The Bertz CT molecular complexity index is 140. The molecule has 0 aromatic heterocycles. The molecule has 58 valence electrons. The highest BCUT2D eigenvalue weighted by atomic mass is 32.2. The molecule has 0 fully saturated rings. The van der Waals surface area contributed by atoms with Gasteiger partial charge in [-0.05, 0) is 6.42 Å². The molecule has 0 aromatic rings. The van der Waals surface area contributed by atoms with E-state index in [9.17, 15) is 8.42 Å². The summed E-state index contributed by atoms with van der Waals surface area (Å²) in [6, 6.07) is 0. The van der Waals surface area contributed by atoms with Crippen LogP contribution in [0.5, 0.6) is 0 Å². The van der Waals surface area contributed by atoms with Crippen LogP contribution in [0, 0.1) is 0 Å². The summed E-state index contributed by atoms with van der Waals surface area (Å²) in [5.74, 6) is -0.108. The maximum Gasteiger partial charge on any atom is 0.264 e. The van der Waals surface area contributed by atoms with Crippen molar-refractivity contribution >= 4 is 10.1 Å². The summed E-state index contributed by atoms with van der Waals surface area (Å²) in [6.07, 6.45) is 1.33. The van der Waals surface area contributed by atoms with Crippen LogP contribution < -0.4 is 6.15 Å². The normalized spacial score (nSPS) is 10.4. The lowest BCUT2D eigenvalue weighted by atomic mass is 10.4. The lowest BCUT2D eigenvalue weighted by molar-refractivity contribution is 0.480. The van der Waals surface area contributed by atoms with Gasteiger partial charge in [-0.2, -0.15) is 8.42 Å². The second-order valence-electron chi connectivity index (χ2n) is 1.64. The van der Waals surface area contributed by atoms with E-state index >= 15 is 0 Å². The zero-order valence-electron chi connectivity index (χ0n) is 5.50. The minimum absolute atomic E-state index is 0. The van der Waals surface area contributed by atoms with Crippen molar-refractivity contribution in [3.05, 3.63) is 0 Å². The van der Waals surface area contributed by atoms with E-state index in [1.807, 2.05) is 6.92 Å². The average Bonchev–Trinajstić information content (AvgIpc) is 1.59. The topological polar surface area (TPSA) is 89.4 Å². The molecule has 0 aromatic carbocycles. The molecule has 0 rings (SSSR count). The van der Waals surface area contributed by atoms with Gasteiger partial charge in [-0.25, -0.2) is 0 Å². The van der Waals surface area contributed by atoms with E-state index < -0.39 is 10.1 Å². The van der Waals surface area contributed by atoms with E-state index in [4.69, 9.17) is 4.55 Å². The van der Waals surface area contributed by atoms with Crippen LogP contribution >= 0.6 is 0 Å². The molecule has 0 spiro atoms. The lowest BCUT2D eigenvalue weighted by Gasteiger charge is -1.90. The van der Waals surface area contributed by atoms with Gasteiger partial charge in [-0.3, -0.25) is 4.55 Å². The lowest BCUT2D eigenvalue weighted by Crippen LogP contribution is -2.02. The molecule has 0 aliphatic carbocycles. The Morgan fingerprint density at radius 3 is 2.00 bits per heavy atom. The Hall–Kier alpha value is -0.130. The fraction of sp³-hybridized carbons (Fsp3) is 1.00. The molecular weight excluding hydrogens is 142 g/mol. The summed E-state index contributed by atoms with van der Waals surface area (Å²) in [4.78, 5) is 0. The number of unbranched alkanes of at least 4 members (excludes halogenated alkanes) is 1. The molecule has 0 heterocycles. The Morgan fingerprint density at radius 2 is 1.89 bits per heavy atom. The van der Waals surface area contributed by atoms with Gasteiger partial charge in [0.1, 0.15) is 0 Å². The average molecular weight is 155 g/mol. The van der Waals surface area contributed by atoms with Crippen LogP contribution in [0.1, 0.15) is 19.8 Å². The molecule has 0 radical (unpaired) electrons. The number of hydrogen-bond acceptors (Lipinski definition) is 3. The Morgan fingerprint density at radius 1 is 1.44 bits per heavy atom. The first-order valence-electron chi connectivity index (χ1n) is 2.51. The first-order chi connectivity index (χ1) is 3.56. The van der Waals surface area contributed by atoms with Gasteiger partial charge in [0.2, 0.25) is 0 Å². The second kappa shape index (κ2) is 4.72. The molecule has 4 N–H and O–H groups in total. The molecule has 5 heteroatoms. The van der Waals surface area contributed by atoms with Crippen LogP contribution in [0.3, 0.4) is 0 Å². The summed E-state index contributed by atoms with van der Waals surface area (Å²) < 4.78 is 28.0. The highest BCUT2D eigenvalue weighted by Gasteiger charge is 2.00. The van der Waals surface area contributed by atoms with Crippen LogP contribution in [0.2, 0.25) is 0 Å². The third kappa shape index (κ3) is 11.4.